The number of sulfonamides is 1. The predicted octanol–water partition coefficient (Wildman–Crippen LogP) is 2.08. The second-order valence-electron chi connectivity index (χ2n) is 6.62. The summed E-state index contributed by atoms with van der Waals surface area (Å²) in [5.41, 5.74) is 1.46. The van der Waals surface area contributed by atoms with E-state index in [9.17, 15) is 18.0 Å². The van der Waals surface area contributed by atoms with Crippen LogP contribution < -0.4 is 4.72 Å². The third kappa shape index (κ3) is 5.74. The largest absolute Gasteiger partial charge is 0.481 e. The fourth-order valence-corrected chi connectivity index (χ4v) is 3.68. The van der Waals surface area contributed by atoms with E-state index in [-0.39, 0.29) is 23.9 Å². The van der Waals surface area contributed by atoms with Crippen molar-refractivity contribution in [2.24, 2.45) is 5.92 Å². The summed E-state index contributed by atoms with van der Waals surface area (Å²) in [7, 11) is -3.49. The summed E-state index contributed by atoms with van der Waals surface area (Å²) in [6, 6.07) is 5.02. The molecule has 1 saturated heterocycles. The van der Waals surface area contributed by atoms with Crippen LogP contribution in [0.4, 0.5) is 5.69 Å². The van der Waals surface area contributed by atoms with Crippen molar-refractivity contribution < 1.29 is 23.1 Å². The lowest BCUT2D eigenvalue weighted by molar-refractivity contribution is -0.137. The number of carboxylic acids is 1. The van der Waals surface area contributed by atoms with Crippen LogP contribution in [0.2, 0.25) is 0 Å². The summed E-state index contributed by atoms with van der Waals surface area (Å²) in [5, 5.41) is 8.83. The number of anilines is 1. The Morgan fingerprint density at radius 2 is 2.08 bits per heavy atom. The van der Waals surface area contributed by atoms with Crippen molar-refractivity contribution in [1.82, 2.24) is 4.90 Å². The molecule has 2 rings (SSSR count). The van der Waals surface area contributed by atoms with Gasteiger partial charge < -0.3 is 10.0 Å². The summed E-state index contributed by atoms with van der Waals surface area (Å²) in [4.78, 5) is 25.4. The standard InChI is InChI=1S/C17H24N2O5S/c1-12-5-7-15(18-25(2,23)24)14(10-12)17(22)19-9-3-4-13(11-19)6-8-16(20)21/h5,7,10,13,18H,3-4,6,8-9,11H2,1-2H3,(H,20,21). The number of aryl methyl sites for hydroxylation is 1. The van der Waals surface area contributed by atoms with E-state index in [1.165, 1.54) is 0 Å². The van der Waals surface area contributed by atoms with Crippen molar-refractivity contribution in [3.8, 4) is 0 Å². The summed E-state index contributed by atoms with van der Waals surface area (Å²) in [5.74, 6) is -0.901. The molecule has 0 spiro atoms. The number of hydrogen-bond acceptors (Lipinski definition) is 4. The van der Waals surface area contributed by atoms with Gasteiger partial charge in [-0.3, -0.25) is 14.3 Å². The van der Waals surface area contributed by atoms with Gasteiger partial charge >= 0.3 is 5.97 Å². The number of likely N-dealkylation sites (tertiary alicyclic amines) is 1. The van der Waals surface area contributed by atoms with E-state index < -0.39 is 16.0 Å². The molecule has 1 amide bonds. The van der Waals surface area contributed by atoms with Crippen LogP contribution in [0.3, 0.4) is 0 Å². The highest BCUT2D eigenvalue weighted by Crippen LogP contribution is 2.26. The van der Waals surface area contributed by atoms with Gasteiger partial charge in [-0.05, 0) is 44.2 Å². The minimum absolute atomic E-state index is 0.0953. The summed E-state index contributed by atoms with van der Waals surface area (Å²) in [6.07, 6.45) is 3.40. The molecule has 1 aromatic carbocycles. The Morgan fingerprint density at radius 3 is 2.72 bits per heavy atom. The molecule has 1 heterocycles. The molecule has 0 aromatic heterocycles. The van der Waals surface area contributed by atoms with E-state index in [0.717, 1.165) is 24.7 Å². The first-order chi connectivity index (χ1) is 11.7. The van der Waals surface area contributed by atoms with Crippen LogP contribution in [0.1, 0.15) is 41.6 Å². The number of amides is 1. The first kappa shape index (κ1) is 19.2. The summed E-state index contributed by atoms with van der Waals surface area (Å²) < 4.78 is 25.5. The van der Waals surface area contributed by atoms with E-state index in [1.54, 1.807) is 23.1 Å². The van der Waals surface area contributed by atoms with Gasteiger partial charge in [-0.2, -0.15) is 0 Å². The number of aliphatic carboxylic acids is 1. The molecular weight excluding hydrogens is 344 g/mol. The van der Waals surface area contributed by atoms with Crippen LogP contribution in [0, 0.1) is 12.8 Å². The van der Waals surface area contributed by atoms with Gasteiger partial charge in [0.15, 0.2) is 0 Å². The first-order valence-corrected chi connectivity index (χ1v) is 10.1. The van der Waals surface area contributed by atoms with Crippen molar-refractivity contribution in [2.75, 3.05) is 24.1 Å². The number of nitrogens with one attached hydrogen (secondary N) is 1. The molecule has 0 radical (unpaired) electrons. The molecule has 7 nitrogen and oxygen atoms in total. The maximum Gasteiger partial charge on any atom is 0.303 e. The van der Waals surface area contributed by atoms with Crippen LogP contribution in [0.25, 0.3) is 0 Å². The molecule has 1 atom stereocenters. The van der Waals surface area contributed by atoms with E-state index in [0.29, 0.717) is 25.1 Å². The average molecular weight is 368 g/mol. The highest BCUT2D eigenvalue weighted by Gasteiger charge is 2.26. The zero-order valence-corrected chi connectivity index (χ0v) is 15.3. The minimum atomic E-state index is -3.49. The Morgan fingerprint density at radius 1 is 1.36 bits per heavy atom. The third-order valence-corrected chi connectivity index (χ3v) is 4.86. The van der Waals surface area contributed by atoms with Crippen LogP contribution in [-0.2, 0) is 14.8 Å². The van der Waals surface area contributed by atoms with E-state index in [4.69, 9.17) is 5.11 Å². The SMILES string of the molecule is Cc1ccc(NS(C)(=O)=O)c(C(=O)N2CCCC(CCC(=O)O)C2)c1. The minimum Gasteiger partial charge on any atom is -0.481 e. The summed E-state index contributed by atoms with van der Waals surface area (Å²) in [6.45, 7) is 2.93. The van der Waals surface area contributed by atoms with Crippen molar-refractivity contribution in [3.05, 3.63) is 29.3 Å². The van der Waals surface area contributed by atoms with Crippen LogP contribution in [-0.4, -0.2) is 49.6 Å². The maximum atomic E-state index is 12.9. The number of carboxylic acid groups (broad SMARTS) is 1. The van der Waals surface area contributed by atoms with E-state index in [1.807, 2.05) is 6.92 Å². The fraction of sp³-hybridized carbons (Fsp3) is 0.529. The number of hydrogen-bond donors (Lipinski definition) is 2. The topological polar surface area (TPSA) is 104 Å². The number of nitrogens with zero attached hydrogens (tertiary/aromatic N) is 1. The highest BCUT2D eigenvalue weighted by molar-refractivity contribution is 7.92. The second kappa shape index (κ2) is 7.86. The lowest BCUT2D eigenvalue weighted by Gasteiger charge is -2.33. The molecule has 1 unspecified atom stereocenters. The average Bonchev–Trinajstić information content (AvgIpc) is 2.53. The summed E-state index contributed by atoms with van der Waals surface area (Å²) >= 11 is 0. The van der Waals surface area contributed by atoms with Crippen LogP contribution >= 0.6 is 0 Å². The molecule has 1 fully saturated rings. The third-order valence-electron chi connectivity index (χ3n) is 4.27. The molecule has 1 aliphatic rings. The number of rotatable bonds is 6. The van der Waals surface area contributed by atoms with Gasteiger partial charge in [0.2, 0.25) is 10.0 Å². The molecular formula is C17H24N2O5S. The van der Waals surface area contributed by atoms with Crippen molar-refractivity contribution in [3.63, 3.8) is 0 Å². The number of carbonyl (C=O) groups excluding carboxylic acids is 1. The Bertz CT molecular complexity index is 760. The lowest BCUT2D eigenvalue weighted by Crippen LogP contribution is -2.40. The van der Waals surface area contributed by atoms with Gasteiger partial charge in [-0.15, -0.1) is 0 Å². The Balaban J connectivity index is 2.18. The van der Waals surface area contributed by atoms with Crippen LogP contribution in [0.5, 0.6) is 0 Å². The normalized spacial score (nSPS) is 18.0. The molecule has 0 bridgehead atoms. The first-order valence-electron chi connectivity index (χ1n) is 8.25. The zero-order valence-electron chi connectivity index (χ0n) is 14.5. The van der Waals surface area contributed by atoms with Gasteiger partial charge in [0.05, 0.1) is 17.5 Å². The molecule has 25 heavy (non-hydrogen) atoms. The Hall–Kier alpha value is -2.09. The number of benzene rings is 1. The Labute approximate surface area is 148 Å². The van der Waals surface area contributed by atoms with Crippen molar-refractivity contribution >= 4 is 27.6 Å². The van der Waals surface area contributed by atoms with Crippen molar-refractivity contribution in [1.29, 1.82) is 0 Å². The van der Waals surface area contributed by atoms with Crippen LogP contribution in [0.15, 0.2) is 18.2 Å². The maximum absolute atomic E-state index is 12.9. The van der Waals surface area contributed by atoms with Gasteiger partial charge in [0.1, 0.15) is 0 Å². The predicted molar refractivity (Wildman–Crippen MR) is 95.1 cm³/mol. The molecule has 2 N–H and O–H groups in total. The molecule has 0 aliphatic carbocycles. The number of piperidine rings is 1. The smallest absolute Gasteiger partial charge is 0.303 e. The van der Waals surface area contributed by atoms with Gasteiger partial charge in [0, 0.05) is 19.5 Å². The quantitative estimate of drug-likeness (QED) is 0.800. The highest BCUT2D eigenvalue weighted by atomic mass is 32.2. The lowest BCUT2D eigenvalue weighted by atomic mass is 9.93. The molecule has 1 aliphatic heterocycles. The van der Waals surface area contributed by atoms with Gasteiger partial charge in [-0.1, -0.05) is 11.6 Å². The molecule has 0 saturated carbocycles. The Kier molecular flexibility index (Phi) is 6.05. The molecule has 138 valence electrons. The second-order valence-corrected chi connectivity index (χ2v) is 8.36. The monoisotopic (exact) mass is 368 g/mol. The number of carbonyl (C=O) groups is 2. The fourth-order valence-electron chi connectivity index (χ4n) is 3.11. The zero-order chi connectivity index (χ0) is 18.6. The van der Waals surface area contributed by atoms with E-state index in [2.05, 4.69) is 4.72 Å². The van der Waals surface area contributed by atoms with Crippen molar-refractivity contribution in [2.45, 2.75) is 32.6 Å². The molecule has 8 heteroatoms. The van der Waals surface area contributed by atoms with E-state index >= 15 is 0 Å². The van der Waals surface area contributed by atoms with Gasteiger partial charge in [0.25, 0.3) is 5.91 Å². The van der Waals surface area contributed by atoms with Gasteiger partial charge in [-0.25, -0.2) is 8.42 Å². The molecule has 1 aromatic rings.